The first kappa shape index (κ1) is 11.1. The minimum Gasteiger partial charge on any atom is -0.294 e. The second kappa shape index (κ2) is 5.70. The first-order chi connectivity index (χ1) is 5.63. The molecule has 0 saturated carbocycles. The molecule has 68 valence electrons. The van der Waals surface area contributed by atoms with E-state index in [1.165, 1.54) is 6.92 Å². The fourth-order valence-corrected chi connectivity index (χ4v) is 1.03. The molecule has 0 radical (unpaired) electrons. The van der Waals surface area contributed by atoms with E-state index < -0.39 is 0 Å². The van der Waals surface area contributed by atoms with Crippen LogP contribution in [0, 0.1) is 0 Å². The third kappa shape index (κ3) is 3.46. The molecule has 0 aromatic heterocycles. The molecule has 0 amide bonds. The lowest BCUT2D eigenvalue weighted by Gasteiger charge is -1.99. The van der Waals surface area contributed by atoms with Crippen LogP contribution >= 0.6 is 0 Å². The molecule has 0 heterocycles. The van der Waals surface area contributed by atoms with Gasteiger partial charge in [0.1, 0.15) is 0 Å². The van der Waals surface area contributed by atoms with Gasteiger partial charge >= 0.3 is 0 Å². The van der Waals surface area contributed by atoms with E-state index in [0.717, 1.165) is 12.8 Å². The monoisotopic (exact) mass is 168 g/mol. The van der Waals surface area contributed by atoms with Gasteiger partial charge in [0.05, 0.1) is 5.57 Å². The number of allylic oxidation sites excluding steroid dienone is 2. The number of hydrogen-bond acceptors (Lipinski definition) is 2. The topological polar surface area (TPSA) is 34.1 Å². The van der Waals surface area contributed by atoms with Gasteiger partial charge in [0, 0.05) is 6.42 Å². The maximum absolute atomic E-state index is 11.3. The number of carbonyl (C=O) groups excluding carboxylic acids is 2. The van der Waals surface area contributed by atoms with Gasteiger partial charge in [-0.25, -0.2) is 0 Å². The predicted octanol–water partition coefficient (Wildman–Crippen LogP) is 2.28. The zero-order valence-electron chi connectivity index (χ0n) is 8.02. The second-order valence-electron chi connectivity index (χ2n) is 2.79. The summed E-state index contributed by atoms with van der Waals surface area (Å²) >= 11 is 0. The number of Topliss-reactive ketones (excluding diaryl/α,β-unsaturated/α-hetero) is 2. The first-order valence-corrected chi connectivity index (χ1v) is 4.33. The summed E-state index contributed by atoms with van der Waals surface area (Å²) in [6.07, 6.45) is 3.94. The molecule has 0 spiro atoms. The summed E-state index contributed by atoms with van der Waals surface area (Å²) in [6, 6.07) is 0. The van der Waals surface area contributed by atoms with Crippen molar-refractivity contribution in [2.24, 2.45) is 0 Å². The Balaban J connectivity index is 4.15. The van der Waals surface area contributed by atoms with Crippen molar-refractivity contribution in [3.8, 4) is 0 Å². The molecule has 0 unspecified atom stereocenters. The standard InChI is InChI=1S/C10H16O2/c1-4-6-7-10(12)9(5-2)8(3)11/h5H,4,6-7H2,1-3H3/b9-5-. The van der Waals surface area contributed by atoms with Crippen LogP contribution in [0.15, 0.2) is 11.6 Å². The number of rotatable bonds is 5. The SMILES string of the molecule is C/C=C(/C(C)=O)C(=O)CCCC. The molecule has 2 nitrogen and oxygen atoms in total. The Morgan fingerprint density at radius 1 is 1.33 bits per heavy atom. The Kier molecular flexibility index (Phi) is 5.26. The smallest absolute Gasteiger partial charge is 0.166 e. The lowest BCUT2D eigenvalue weighted by Crippen LogP contribution is -2.09. The lowest BCUT2D eigenvalue weighted by atomic mass is 10.0. The molecule has 0 aromatic carbocycles. The van der Waals surface area contributed by atoms with Gasteiger partial charge in [-0.05, 0) is 20.3 Å². The number of hydrogen-bond donors (Lipinski definition) is 0. The molecule has 2 heteroatoms. The largest absolute Gasteiger partial charge is 0.294 e. The number of carbonyl (C=O) groups is 2. The summed E-state index contributed by atoms with van der Waals surface area (Å²) in [5.41, 5.74) is 0.350. The van der Waals surface area contributed by atoms with Crippen molar-refractivity contribution >= 4 is 11.6 Å². The molecular formula is C10H16O2. The van der Waals surface area contributed by atoms with E-state index in [2.05, 4.69) is 0 Å². The van der Waals surface area contributed by atoms with Gasteiger partial charge in [-0.3, -0.25) is 9.59 Å². The van der Waals surface area contributed by atoms with E-state index in [9.17, 15) is 9.59 Å². The average Bonchev–Trinajstić information content (AvgIpc) is 2.01. The van der Waals surface area contributed by atoms with E-state index in [1.54, 1.807) is 13.0 Å². The molecule has 0 fully saturated rings. The van der Waals surface area contributed by atoms with Crippen LogP contribution in [0.3, 0.4) is 0 Å². The molecule has 0 aliphatic heterocycles. The van der Waals surface area contributed by atoms with Gasteiger partial charge in [0.25, 0.3) is 0 Å². The first-order valence-electron chi connectivity index (χ1n) is 4.33. The molecule has 0 rings (SSSR count). The molecule has 0 bridgehead atoms. The third-order valence-electron chi connectivity index (χ3n) is 1.73. The van der Waals surface area contributed by atoms with Crippen molar-refractivity contribution in [1.29, 1.82) is 0 Å². The van der Waals surface area contributed by atoms with Gasteiger partial charge in [0.15, 0.2) is 11.6 Å². The number of ketones is 2. The second-order valence-corrected chi connectivity index (χ2v) is 2.79. The highest BCUT2D eigenvalue weighted by Crippen LogP contribution is 2.05. The summed E-state index contributed by atoms with van der Waals surface area (Å²) in [5, 5.41) is 0. The molecule has 0 N–H and O–H groups in total. The highest BCUT2D eigenvalue weighted by molar-refractivity contribution is 6.19. The summed E-state index contributed by atoms with van der Waals surface area (Å²) < 4.78 is 0. The Hall–Kier alpha value is -0.920. The van der Waals surface area contributed by atoms with Crippen molar-refractivity contribution in [2.75, 3.05) is 0 Å². The van der Waals surface area contributed by atoms with Crippen LogP contribution in [0.1, 0.15) is 40.0 Å². The number of unbranched alkanes of at least 4 members (excludes halogenated alkanes) is 1. The Morgan fingerprint density at radius 3 is 2.25 bits per heavy atom. The van der Waals surface area contributed by atoms with Crippen molar-refractivity contribution < 1.29 is 9.59 Å². The molecule has 0 aromatic rings. The van der Waals surface area contributed by atoms with Gasteiger partial charge in [0.2, 0.25) is 0 Å². The third-order valence-corrected chi connectivity index (χ3v) is 1.73. The highest BCUT2D eigenvalue weighted by Gasteiger charge is 2.11. The molecule has 0 aliphatic rings. The zero-order valence-corrected chi connectivity index (χ0v) is 8.02. The van der Waals surface area contributed by atoms with Crippen LogP contribution in [0.4, 0.5) is 0 Å². The molecule has 0 atom stereocenters. The summed E-state index contributed by atoms with van der Waals surface area (Å²) in [4.78, 5) is 22.2. The normalized spacial score (nSPS) is 11.4. The quantitative estimate of drug-likeness (QED) is 0.358. The van der Waals surface area contributed by atoms with Crippen molar-refractivity contribution in [3.63, 3.8) is 0 Å². The summed E-state index contributed by atoms with van der Waals surface area (Å²) in [7, 11) is 0. The lowest BCUT2D eigenvalue weighted by molar-refractivity contribution is -0.120. The molecule has 0 saturated heterocycles. The summed E-state index contributed by atoms with van der Waals surface area (Å²) in [5.74, 6) is -0.148. The average molecular weight is 168 g/mol. The minimum absolute atomic E-state index is 0.0214. The Morgan fingerprint density at radius 2 is 1.92 bits per heavy atom. The minimum atomic E-state index is -0.126. The fourth-order valence-electron chi connectivity index (χ4n) is 1.03. The van der Waals surface area contributed by atoms with Gasteiger partial charge in [-0.15, -0.1) is 0 Å². The van der Waals surface area contributed by atoms with Crippen LogP contribution in [-0.4, -0.2) is 11.6 Å². The van der Waals surface area contributed by atoms with Crippen molar-refractivity contribution in [1.82, 2.24) is 0 Å². The zero-order chi connectivity index (χ0) is 9.56. The molecular weight excluding hydrogens is 152 g/mol. The van der Waals surface area contributed by atoms with Gasteiger partial charge < -0.3 is 0 Å². The maximum atomic E-state index is 11.3. The Labute approximate surface area is 73.7 Å². The summed E-state index contributed by atoms with van der Waals surface area (Å²) in [6.45, 7) is 5.18. The van der Waals surface area contributed by atoms with Gasteiger partial charge in [-0.1, -0.05) is 19.4 Å². The van der Waals surface area contributed by atoms with Crippen LogP contribution in [0.2, 0.25) is 0 Å². The fraction of sp³-hybridized carbons (Fsp3) is 0.600. The van der Waals surface area contributed by atoms with E-state index in [1.807, 2.05) is 6.92 Å². The Bertz CT molecular complexity index is 202. The van der Waals surface area contributed by atoms with Crippen molar-refractivity contribution in [3.05, 3.63) is 11.6 Å². The van der Waals surface area contributed by atoms with E-state index in [-0.39, 0.29) is 11.6 Å². The maximum Gasteiger partial charge on any atom is 0.166 e. The van der Waals surface area contributed by atoms with E-state index in [0.29, 0.717) is 12.0 Å². The van der Waals surface area contributed by atoms with Crippen LogP contribution < -0.4 is 0 Å². The molecule has 12 heavy (non-hydrogen) atoms. The van der Waals surface area contributed by atoms with Crippen molar-refractivity contribution in [2.45, 2.75) is 40.0 Å². The predicted molar refractivity (Wildman–Crippen MR) is 49.0 cm³/mol. The van der Waals surface area contributed by atoms with E-state index >= 15 is 0 Å². The van der Waals surface area contributed by atoms with Crippen LogP contribution in [0.5, 0.6) is 0 Å². The van der Waals surface area contributed by atoms with Crippen LogP contribution in [-0.2, 0) is 9.59 Å². The van der Waals surface area contributed by atoms with Gasteiger partial charge in [-0.2, -0.15) is 0 Å². The van der Waals surface area contributed by atoms with Crippen LogP contribution in [0.25, 0.3) is 0 Å². The van der Waals surface area contributed by atoms with E-state index in [4.69, 9.17) is 0 Å². The molecule has 0 aliphatic carbocycles. The highest BCUT2D eigenvalue weighted by atomic mass is 16.1.